The molecule has 5 nitrogen and oxygen atoms in total. The molecule has 0 aliphatic heterocycles. The van der Waals surface area contributed by atoms with E-state index in [9.17, 15) is 0 Å². The second-order valence-electron chi connectivity index (χ2n) is 6.92. The normalized spacial score (nSPS) is 15.3. The zero-order valence-electron chi connectivity index (χ0n) is 14.7. The van der Waals surface area contributed by atoms with E-state index in [4.69, 9.17) is 0 Å². The summed E-state index contributed by atoms with van der Waals surface area (Å²) in [4.78, 5) is 6.90. The zero-order chi connectivity index (χ0) is 17.1. The average molecular weight is 335 g/mol. The zero-order valence-corrected chi connectivity index (χ0v) is 14.7. The summed E-state index contributed by atoms with van der Waals surface area (Å²) in [6.45, 7) is 1.99. The molecule has 0 radical (unpaired) electrons. The molecule has 0 atom stereocenters. The molecule has 0 amide bonds. The summed E-state index contributed by atoms with van der Waals surface area (Å²) in [6.07, 6.45) is 11.2. The number of aromatic amines is 1. The van der Waals surface area contributed by atoms with Crippen LogP contribution in [0.15, 0.2) is 49.1 Å². The van der Waals surface area contributed by atoms with Gasteiger partial charge in [0.05, 0.1) is 30.1 Å². The summed E-state index contributed by atoms with van der Waals surface area (Å²) in [5.74, 6) is 0. The Kier molecular flexibility index (Phi) is 4.65. The van der Waals surface area contributed by atoms with Crippen molar-refractivity contribution < 1.29 is 0 Å². The van der Waals surface area contributed by atoms with Crippen LogP contribution in [0.4, 0.5) is 0 Å². The maximum absolute atomic E-state index is 4.39. The minimum atomic E-state index is 0.751. The van der Waals surface area contributed by atoms with Gasteiger partial charge in [-0.3, -0.25) is 5.10 Å². The molecule has 2 aromatic heterocycles. The monoisotopic (exact) mass is 335 g/mol. The van der Waals surface area contributed by atoms with Gasteiger partial charge in [0.15, 0.2) is 0 Å². The Morgan fingerprint density at radius 3 is 2.76 bits per heavy atom. The van der Waals surface area contributed by atoms with E-state index in [0.29, 0.717) is 0 Å². The number of nitrogens with zero attached hydrogens (tertiary/aromatic N) is 4. The summed E-state index contributed by atoms with van der Waals surface area (Å²) >= 11 is 0. The lowest BCUT2D eigenvalue weighted by Gasteiger charge is -2.24. The van der Waals surface area contributed by atoms with Gasteiger partial charge in [-0.1, -0.05) is 43.2 Å². The van der Waals surface area contributed by atoms with Gasteiger partial charge >= 0.3 is 0 Å². The van der Waals surface area contributed by atoms with Crippen molar-refractivity contribution >= 4 is 0 Å². The summed E-state index contributed by atoms with van der Waals surface area (Å²) in [5, 5.41) is 7.42. The van der Waals surface area contributed by atoms with E-state index in [1.54, 1.807) is 0 Å². The molecule has 1 N–H and O–H groups in total. The highest BCUT2D eigenvalue weighted by Crippen LogP contribution is 2.30. The highest BCUT2D eigenvalue weighted by Gasteiger charge is 2.20. The number of H-pyrrole nitrogens is 1. The van der Waals surface area contributed by atoms with Crippen LogP contribution < -0.4 is 0 Å². The van der Waals surface area contributed by atoms with Crippen LogP contribution in [0.1, 0.15) is 25.7 Å². The third-order valence-electron chi connectivity index (χ3n) is 5.33. The molecular formula is C20H25N5. The number of imidazole rings is 1. The van der Waals surface area contributed by atoms with Gasteiger partial charge in [-0.05, 0) is 19.9 Å². The maximum Gasteiger partial charge on any atom is 0.0951 e. The highest BCUT2D eigenvalue weighted by atomic mass is 15.2. The van der Waals surface area contributed by atoms with E-state index in [-0.39, 0.29) is 0 Å². The lowest BCUT2D eigenvalue weighted by atomic mass is 10.1. The Balaban J connectivity index is 1.53. The number of rotatable bonds is 6. The average Bonchev–Trinajstić information content (AvgIpc) is 3.41. The molecule has 5 heteroatoms. The number of nitrogens with one attached hydrogen (secondary N) is 1. The minimum absolute atomic E-state index is 0.751. The van der Waals surface area contributed by atoms with Crippen LogP contribution in [0.25, 0.3) is 22.5 Å². The van der Waals surface area contributed by atoms with E-state index in [2.05, 4.69) is 43.8 Å². The first-order valence-corrected chi connectivity index (χ1v) is 9.12. The van der Waals surface area contributed by atoms with Crippen LogP contribution in [-0.2, 0) is 6.54 Å². The lowest BCUT2D eigenvalue weighted by molar-refractivity contribution is 0.237. The fraction of sp³-hybridized carbons (Fsp3) is 0.400. The molecule has 1 saturated carbocycles. The number of benzene rings is 1. The van der Waals surface area contributed by atoms with Crippen LogP contribution >= 0.6 is 0 Å². The molecule has 130 valence electrons. The largest absolute Gasteiger partial charge is 0.329 e. The van der Waals surface area contributed by atoms with Gasteiger partial charge in [0.25, 0.3) is 0 Å². The molecule has 1 aliphatic carbocycles. The van der Waals surface area contributed by atoms with Gasteiger partial charge in [-0.25, -0.2) is 4.98 Å². The van der Waals surface area contributed by atoms with E-state index in [1.807, 2.05) is 36.9 Å². The van der Waals surface area contributed by atoms with Crippen molar-refractivity contribution in [3.05, 3.63) is 49.1 Å². The quantitative estimate of drug-likeness (QED) is 0.745. The standard InChI is InChI=1S/C20H25N5/c1-24(17-9-5-6-10-17)11-12-25-15-21-14-19(25)18-13-22-23-20(18)16-7-3-2-4-8-16/h2-4,7-8,13-15,17H,5-6,9-12H2,1H3,(H,22,23). The van der Waals surface area contributed by atoms with E-state index in [1.165, 1.54) is 25.7 Å². The summed E-state index contributed by atoms with van der Waals surface area (Å²) in [5.41, 5.74) is 4.41. The Labute approximate surface area is 148 Å². The minimum Gasteiger partial charge on any atom is -0.329 e. The van der Waals surface area contributed by atoms with E-state index >= 15 is 0 Å². The van der Waals surface area contributed by atoms with Gasteiger partial charge in [-0.2, -0.15) is 5.10 Å². The second kappa shape index (κ2) is 7.23. The third kappa shape index (κ3) is 3.37. The molecular weight excluding hydrogens is 310 g/mol. The molecule has 4 rings (SSSR count). The molecule has 1 aromatic carbocycles. The van der Waals surface area contributed by atoms with E-state index in [0.717, 1.165) is 41.6 Å². The Morgan fingerprint density at radius 1 is 1.16 bits per heavy atom. The number of hydrogen-bond donors (Lipinski definition) is 1. The lowest BCUT2D eigenvalue weighted by Crippen LogP contribution is -2.32. The summed E-state index contributed by atoms with van der Waals surface area (Å²) in [6, 6.07) is 11.1. The summed E-state index contributed by atoms with van der Waals surface area (Å²) in [7, 11) is 2.25. The van der Waals surface area contributed by atoms with Gasteiger partial charge in [0.1, 0.15) is 0 Å². The SMILES string of the molecule is CN(CCn1cncc1-c1cn[nH]c1-c1ccccc1)C1CCCC1. The van der Waals surface area contributed by atoms with Crippen LogP contribution in [0.5, 0.6) is 0 Å². The topological polar surface area (TPSA) is 49.7 Å². The van der Waals surface area contributed by atoms with Crippen molar-refractivity contribution in [2.45, 2.75) is 38.3 Å². The number of hydrogen-bond acceptors (Lipinski definition) is 3. The van der Waals surface area contributed by atoms with Crippen molar-refractivity contribution in [2.75, 3.05) is 13.6 Å². The highest BCUT2D eigenvalue weighted by molar-refractivity contribution is 5.78. The fourth-order valence-corrected chi connectivity index (χ4v) is 3.82. The molecule has 2 heterocycles. The predicted octanol–water partition coefficient (Wildman–Crippen LogP) is 3.81. The first-order chi connectivity index (χ1) is 12.3. The van der Waals surface area contributed by atoms with Crippen molar-refractivity contribution in [3.63, 3.8) is 0 Å². The van der Waals surface area contributed by atoms with E-state index < -0.39 is 0 Å². The van der Waals surface area contributed by atoms with Gasteiger partial charge in [0.2, 0.25) is 0 Å². The second-order valence-corrected chi connectivity index (χ2v) is 6.92. The number of likely N-dealkylation sites (N-methyl/N-ethyl adjacent to an activating group) is 1. The van der Waals surface area contributed by atoms with Crippen LogP contribution in [0, 0.1) is 0 Å². The van der Waals surface area contributed by atoms with Crippen molar-refractivity contribution in [1.29, 1.82) is 0 Å². The molecule has 3 aromatic rings. The number of aromatic nitrogens is 4. The molecule has 25 heavy (non-hydrogen) atoms. The van der Waals surface area contributed by atoms with Crippen molar-refractivity contribution in [1.82, 2.24) is 24.6 Å². The smallest absolute Gasteiger partial charge is 0.0951 e. The molecule has 1 fully saturated rings. The molecule has 0 bridgehead atoms. The first kappa shape index (κ1) is 16.1. The van der Waals surface area contributed by atoms with Crippen molar-refractivity contribution in [3.8, 4) is 22.5 Å². The van der Waals surface area contributed by atoms with Gasteiger partial charge in [-0.15, -0.1) is 0 Å². The van der Waals surface area contributed by atoms with Crippen LogP contribution in [-0.4, -0.2) is 44.3 Å². The third-order valence-corrected chi connectivity index (χ3v) is 5.33. The molecule has 0 spiro atoms. The Bertz CT molecular complexity index is 798. The first-order valence-electron chi connectivity index (χ1n) is 9.12. The predicted molar refractivity (Wildman–Crippen MR) is 100 cm³/mol. The summed E-state index contributed by atoms with van der Waals surface area (Å²) < 4.78 is 2.24. The van der Waals surface area contributed by atoms with Gasteiger partial charge in [0, 0.05) is 30.3 Å². The molecule has 1 aliphatic rings. The van der Waals surface area contributed by atoms with Crippen LogP contribution in [0.2, 0.25) is 0 Å². The van der Waals surface area contributed by atoms with Gasteiger partial charge < -0.3 is 9.47 Å². The molecule has 0 saturated heterocycles. The molecule has 0 unspecified atom stereocenters. The van der Waals surface area contributed by atoms with Crippen molar-refractivity contribution in [2.24, 2.45) is 0 Å². The maximum atomic E-state index is 4.39. The Morgan fingerprint density at radius 2 is 1.96 bits per heavy atom. The Hall–Kier alpha value is -2.40. The fourth-order valence-electron chi connectivity index (χ4n) is 3.82. The van der Waals surface area contributed by atoms with Crippen LogP contribution in [0.3, 0.4) is 0 Å².